The highest BCUT2D eigenvalue weighted by Gasteiger charge is 2.43. The molecule has 11 heteroatoms. The van der Waals surface area contributed by atoms with Gasteiger partial charge in [-0.05, 0) is 110 Å². The zero-order valence-electron chi connectivity index (χ0n) is 28.1. The molecule has 0 aromatic heterocycles. The van der Waals surface area contributed by atoms with Crippen molar-refractivity contribution in [3.8, 4) is 11.1 Å². The predicted octanol–water partition coefficient (Wildman–Crippen LogP) is 9.80. The smallest absolute Gasteiger partial charge is 0.391 e. The second-order valence-corrected chi connectivity index (χ2v) is 20.7. The first-order valence-corrected chi connectivity index (χ1v) is 20.5. The molecule has 2 aromatic rings. The van der Waals surface area contributed by atoms with E-state index in [0.717, 1.165) is 55.3 Å². The van der Waals surface area contributed by atoms with Gasteiger partial charge in [0.25, 0.3) is 5.91 Å². The third kappa shape index (κ3) is 8.22. The van der Waals surface area contributed by atoms with E-state index < -0.39 is 20.4 Å². The second-order valence-electron chi connectivity index (χ2n) is 15.1. The van der Waals surface area contributed by atoms with Crippen LogP contribution in [0.1, 0.15) is 81.6 Å². The van der Waals surface area contributed by atoms with Gasteiger partial charge in [-0.2, -0.15) is 13.2 Å². The topological polar surface area (TPSA) is 49.9 Å². The van der Waals surface area contributed by atoms with E-state index in [1.54, 1.807) is 24.3 Å². The summed E-state index contributed by atoms with van der Waals surface area (Å²) in [5.41, 5.74) is 2.78. The maximum atomic E-state index is 13.6. The molecule has 1 saturated carbocycles. The molecule has 0 spiro atoms. The normalized spacial score (nSPS) is 23.4. The van der Waals surface area contributed by atoms with Gasteiger partial charge in [-0.1, -0.05) is 56.1 Å². The zero-order chi connectivity index (χ0) is 34.3. The Balaban J connectivity index is 1.16. The lowest BCUT2D eigenvalue weighted by atomic mass is 9.92. The molecular weight excluding hydrogens is 664 g/mol. The molecule has 5 nitrogen and oxygen atoms in total. The van der Waals surface area contributed by atoms with Gasteiger partial charge < -0.3 is 14.2 Å². The van der Waals surface area contributed by atoms with Crippen LogP contribution in [0.25, 0.3) is 11.1 Å². The number of carbonyl (C=O) groups excluding carboxylic acids is 2. The SMILES string of the molecule is CC(C)(C)[Si](C)(C)OC1CCC(N2CCC(Cc3c(Cl)cc(-c4ccc(C(=O)N5CCC(C(F)(F)F)CC5)cc4)cc3Cl)C2=O)CC1. The fraction of sp³-hybridized carbons (Fsp3) is 0.611. The molecular formula is C36H47Cl2F3N2O3Si. The number of halogens is 5. The molecule has 5 rings (SSSR count). The standard InChI is InChI=1S/C36H47Cl2F3N2O3Si/c1-35(2,3)47(4,5)46-29-12-10-28(11-13-29)43-19-14-25(34(43)45)20-30-31(37)21-26(22-32(30)38)23-6-8-24(9-7-23)33(44)42-17-15-27(16-18-42)36(39,40)41/h6-9,21-22,25,27-29H,10-20H2,1-5H3. The van der Waals surface area contributed by atoms with Crippen molar-refractivity contribution < 1.29 is 27.2 Å². The molecule has 1 atom stereocenters. The number of hydrogen-bond donors (Lipinski definition) is 0. The van der Waals surface area contributed by atoms with E-state index in [0.29, 0.717) is 22.0 Å². The zero-order valence-corrected chi connectivity index (χ0v) is 30.6. The van der Waals surface area contributed by atoms with E-state index in [1.807, 2.05) is 12.1 Å². The molecule has 2 aromatic carbocycles. The van der Waals surface area contributed by atoms with Crippen LogP contribution in [0.2, 0.25) is 28.2 Å². The first-order valence-electron chi connectivity index (χ1n) is 16.9. The van der Waals surface area contributed by atoms with Crippen LogP contribution in [-0.2, 0) is 15.6 Å². The Morgan fingerprint density at radius 2 is 1.45 bits per heavy atom. The van der Waals surface area contributed by atoms with Crippen LogP contribution >= 0.6 is 23.2 Å². The van der Waals surface area contributed by atoms with Gasteiger partial charge in [-0.3, -0.25) is 9.59 Å². The van der Waals surface area contributed by atoms with Crippen molar-refractivity contribution in [1.82, 2.24) is 9.80 Å². The van der Waals surface area contributed by atoms with Gasteiger partial charge in [0, 0.05) is 53.3 Å². The summed E-state index contributed by atoms with van der Waals surface area (Å²) >= 11 is 13.5. The monoisotopic (exact) mass is 710 g/mol. The van der Waals surface area contributed by atoms with Crippen molar-refractivity contribution in [3.05, 3.63) is 57.6 Å². The van der Waals surface area contributed by atoms with Gasteiger partial charge in [0.2, 0.25) is 5.91 Å². The summed E-state index contributed by atoms with van der Waals surface area (Å²) in [6, 6.07) is 10.9. The van der Waals surface area contributed by atoms with E-state index in [2.05, 4.69) is 38.8 Å². The van der Waals surface area contributed by atoms with Crippen molar-refractivity contribution in [2.45, 2.75) is 109 Å². The van der Waals surface area contributed by atoms with E-state index in [1.165, 1.54) is 4.90 Å². The van der Waals surface area contributed by atoms with Crippen molar-refractivity contribution >= 4 is 43.3 Å². The highest BCUT2D eigenvalue weighted by molar-refractivity contribution is 6.74. The summed E-state index contributed by atoms with van der Waals surface area (Å²) in [5, 5.41) is 1.17. The summed E-state index contributed by atoms with van der Waals surface area (Å²) in [7, 11) is -1.82. The minimum Gasteiger partial charge on any atom is -0.414 e. The van der Waals surface area contributed by atoms with Crippen LogP contribution in [0.4, 0.5) is 13.2 Å². The lowest BCUT2D eigenvalue weighted by Crippen LogP contribution is -2.47. The Bertz CT molecular complexity index is 1420. The van der Waals surface area contributed by atoms with E-state index in [4.69, 9.17) is 27.6 Å². The first-order chi connectivity index (χ1) is 21.9. The Hall–Kier alpha value is -2.07. The highest BCUT2D eigenvalue weighted by atomic mass is 35.5. The fourth-order valence-electron chi connectivity index (χ4n) is 6.99. The van der Waals surface area contributed by atoms with Crippen molar-refractivity contribution in [3.63, 3.8) is 0 Å². The van der Waals surface area contributed by atoms with Crippen molar-refractivity contribution in [2.24, 2.45) is 11.8 Å². The number of amides is 2. The number of likely N-dealkylation sites (tertiary alicyclic amines) is 2. The third-order valence-electron chi connectivity index (χ3n) is 11.0. The molecule has 258 valence electrons. The summed E-state index contributed by atoms with van der Waals surface area (Å²) in [4.78, 5) is 30.1. The van der Waals surface area contributed by atoms with E-state index >= 15 is 0 Å². The van der Waals surface area contributed by atoms with Crippen LogP contribution in [0.5, 0.6) is 0 Å². The number of hydrogen-bond acceptors (Lipinski definition) is 3. The molecule has 0 radical (unpaired) electrons. The quantitative estimate of drug-likeness (QED) is 0.269. The average molecular weight is 712 g/mol. The van der Waals surface area contributed by atoms with Crippen molar-refractivity contribution in [2.75, 3.05) is 19.6 Å². The van der Waals surface area contributed by atoms with Gasteiger partial charge in [0.15, 0.2) is 8.32 Å². The summed E-state index contributed by atoms with van der Waals surface area (Å²) < 4.78 is 45.7. The maximum absolute atomic E-state index is 13.6. The van der Waals surface area contributed by atoms with Gasteiger partial charge in [0.1, 0.15) is 0 Å². The molecule has 3 fully saturated rings. The number of piperidine rings is 1. The molecule has 2 heterocycles. The lowest BCUT2D eigenvalue weighted by molar-refractivity contribution is -0.183. The van der Waals surface area contributed by atoms with Crippen LogP contribution in [0.3, 0.4) is 0 Å². The molecule has 1 unspecified atom stereocenters. The molecule has 2 saturated heterocycles. The minimum atomic E-state index is -4.22. The molecule has 2 amide bonds. The minimum absolute atomic E-state index is 0.0742. The van der Waals surface area contributed by atoms with Crippen LogP contribution in [0, 0.1) is 11.8 Å². The number of benzene rings is 2. The summed E-state index contributed by atoms with van der Waals surface area (Å²) in [5.74, 6) is -1.61. The van der Waals surface area contributed by atoms with Crippen LogP contribution in [0.15, 0.2) is 36.4 Å². The lowest BCUT2D eigenvalue weighted by Gasteiger charge is -2.42. The fourth-order valence-corrected chi connectivity index (χ4v) is 9.06. The Labute approximate surface area is 288 Å². The predicted molar refractivity (Wildman–Crippen MR) is 184 cm³/mol. The average Bonchev–Trinajstić information content (AvgIpc) is 3.37. The van der Waals surface area contributed by atoms with Crippen molar-refractivity contribution in [1.29, 1.82) is 0 Å². The molecule has 2 aliphatic heterocycles. The Morgan fingerprint density at radius 3 is 1.98 bits per heavy atom. The summed E-state index contributed by atoms with van der Waals surface area (Å²) in [6.07, 6.45) is 1.07. The summed E-state index contributed by atoms with van der Waals surface area (Å²) in [6.45, 7) is 12.3. The molecule has 0 bridgehead atoms. The number of rotatable bonds is 7. The highest BCUT2D eigenvalue weighted by Crippen LogP contribution is 2.41. The largest absolute Gasteiger partial charge is 0.414 e. The molecule has 0 N–H and O–H groups in total. The first kappa shape index (κ1) is 36.2. The van der Waals surface area contributed by atoms with Crippen LogP contribution < -0.4 is 0 Å². The number of nitrogens with zero attached hydrogens (tertiary/aromatic N) is 2. The van der Waals surface area contributed by atoms with Gasteiger partial charge in [-0.25, -0.2) is 0 Å². The van der Waals surface area contributed by atoms with E-state index in [9.17, 15) is 22.8 Å². The number of alkyl halides is 3. The van der Waals surface area contributed by atoms with Crippen LogP contribution in [-0.4, -0.2) is 67.9 Å². The third-order valence-corrected chi connectivity index (χ3v) is 16.2. The second kappa shape index (κ2) is 14.0. The van der Waals surface area contributed by atoms with Gasteiger partial charge in [0.05, 0.1) is 5.92 Å². The van der Waals surface area contributed by atoms with Gasteiger partial charge in [-0.15, -0.1) is 0 Å². The Morgan fingerprint density at radius 1 is 0.872 bits per heavy atom. The van der Waals surface area contributed by atoms with E-state index in [-0.39, 0.29) is 60.8 Å². The number of carbonyl (C=O) groups is 2. The molecule has 3 aliphatic rings. The Kier molecular flexibility index (Phi) is 10.8. The molecule has 1 aliphatic carbocycles. The molecule has 47 heavy (non-hydrogen) atoms. The maximum Gasteiger partial charge on any atom is 0.391 e. The van der Waals surface area contributed by atoms with Gasteiger partial charge >= 0.3 is 6.18 Å².